The van der Waals surface area contributed by atoms with Crippen LogP contribution in [-0.2, 0) is 81.1 Å². The lowest BCUT2D eigenvalue weighted by atomic mass is 9.96. The molecule has 5 fully saturated rings. The fourth-order valence-electron chi connectivity index (χ4n) is 9.81. The molecule has 516 valence electrons. The minimum Gasteiger partial charge on any atom is -0.394 e. The Bertz CT molecular complexity index is 2270. The van der Waals surface area contributed by atoms with E-state index in [4.69, 9.17) is 42.7 Å². The largest absolute Gasteiger partial charge is 0.394 e. The minimum atomic E-state index is -1.96. The second kappa shape index (κ2) is 38.3. The smallest absolute Gasteiger partial charge is 0.334 e. The summed E-state index contributed by atoms with van der Waals surface area (Å²) in [5.74, 6) is -4.81. The summed E-state index contributed by atoms with van der Waals surface area (Å²) < 4.78 is 44.2. The molecule has 0 radical (unpaired) electrons. The summed E-state index contributed by atoms with van der Waals surface area (Å²) >= 11 is 0. The van der Waals surface area contributed by atoms with Crippen LogP contribution in [0.2, 0.25) is 0 Å². The highest BCUT2D eigenvalue weighted by Crippen LogP contribution is 2.31. The van der Waals surface area contributed by atoms with Crippen LogP contribution in [0.3, 0.4) is 0 Å². The third-order valence-electron chi connectivity index (χ3n) is 15.0. The molecule has 5 heterocycles. The predicted molar refractivity (Wildman–Crippen MR) is 294 cm³/mol. The standard InChI is InChI=1S/C53H89N7O30/c1-26-38(71)42(75)45(78)50(85-26)82-18-16-57-30(63)8-4-2-6-13-54-32(65)20-59(22-34(67)56-15-12-37(70)90-60-35(68)10-11-36(60)69)21-33(66)55-14-7-3-5-9-31(64)58-17-19-83-52-48(81)49(89-53-47(80)44(77)40(73)28(24-62)87-53)41(74)29(88-52)25-84-51-46(79)43(76)39(72)27(23-61)86-51/h26-29,38-53,61-62,71-81H,2-25H2,1H3,(H,54,65)(H,55,66)(H,56,67)(H,57,63)(H,58,64)/t26-,27+,28+,29+,38+,39+,40+,41+,42+,43-,44-,45-,46-,47-,48-,49-,50+,51-,52-,53+/m0/s1. The Morgan fingerprint density at radius 2 is 0.878 bits per heavy atom. The zero-order chi connectivity index (χ0) is 66.2. The van der Waals surface area contributed by atoms with Gasteiger partial charge in [0.15, 0.2) is 25.2 Å². The Morgan fingerprint density at radius 3 is 1.38 bits per heavy atom. The number of hydrogen-bond donors (Lipinski definition) is 18. The molecule has 0 aliphatic carbocycles. The van der Waals surface area contributed by atoms with Crippen LogP contribution in [0, 0.1) is 0 Å². The number of imide groups is 1. The van der Waals surface area contributed by atoms with Gasteiger partial charge in [-0.15, -0.1) is 5.06 Å². The molecule has 0 spiro atoms. The van der Waals surface area contributed by atoms with E-state index in [1.165, 1.54) is 11.8 Å². The number of aliphatic hydroxyl groups excluding tert-OH is 13. The average Bonchev–Trinajstić information content (AvgIpc) is 1.00. The maximum Gasteiger partial charge on any atom is 0.334 e. The summed E-state index contributed by atoms with van der Waals surface area (Å²) in [6.45, 7) is -2.46. The zero-order valence-electron chi connectivity index (χ0n) is 49.7. The SMILES string of the molecule is C[C@@H]1O[C@@H](OCCNC(=O)CCCCCNC(=O)CN(CC(=O)NCCCCCC(=O)NCCO[C@H]2O[C@H](CO[C@H]3O[C@H](CO)[C@@H](O)[C@H](O)[C@@H]3O)[C@@H](O)[C@H](O[C@H]3O[C@H](CO)[C@@H](O)[C@H](O)[C@@H]3O)[C@@H]2O)CC(=O)NCCC(=O)ON2C(=O)CCC2=O)[C@@H](O)[C@H](O)[C@@H]1O. The van der Waals surface area contributed by atoms with E-state index in [9.17, 15) is 105 Å². The molecule has 0 aromatic carbocycles. The van der Waals surface area contributed by atoms with E-state index >= 15 is 0 Å². The lowest BCUT2D eigenvalue weighted by molar-refractivity contribution is -0.366. The number of amides is 7. The van der Waals surface area contributed by atoms with Crippen LogP contribution < -0.4 is 26.6 Å². The molecule has 0 aromatic rings. The summed E-state index contributed by atoms with van der Waals surface area (Å²) in [5.41, 5.74) is 0. The van der Waals surface area contributed by atoms with E-state index in [0.29, 0.717) is 43.6 Å². The molecule has 5 aliphatic rings. The Balaban J connectivity index is 1.01. The molecular weight excluding hydrogens is 1210 g/mol. The van der Waals surface area contributed by atoms with E-state index in [1.54, 1.807) is 0 Å². The van der Waals surface area contributed by atoms with E-state index in [1.807, 2.05) is 0 Å². The van der Waals surface area contributed by atoms with Gasteiger partial charge >= 0.3 is 5.97 Å². The van der Waals surface area contributed by atoms with Gasteiger partial charge < -0.3 is 136 Å². The van der Waals surface area contributed by atoms with Crippen LogP contribution in [-0.4, -0.2) is 332 Å². The first kappa shape index (κ1) is 75.8. The Morgan fingerprint density at radius 1 is 0.456 bits per heavy atom. The first-order valence-electron chi connectivity index (χ1n) is 29.8. The normalized spacial score (nSPS) is 32.9. The number of nitrogens with zero attached hydrogens (tertiary/aromatic N) is 2. The number of rotatable bonds is 37. The summed E-state index contributed by atoms with van der Waals surface area (Å²) in [6.07, 6.45) is -30.1. The Hall–Kier alpha value is -4.92. The van der Waals surface area contributed by atoms with E-state index in [2.05, 4.69) is 26.6 Å². The number of unbranched alkanes of at least 4 members (excludes halogenated alkanes) is 4. The van der Waals surface area contributed by atoms with Gasteiger partial charge in [0, 0.05) is 58.4 Å². The highest BCUT2D eigenvalue weighted by atomic mass is 16.8. The lowest BCUT2D eigenvalue weighted by Crippen LogP contribution is -2.65. The van der Waals surface area contributed by atoms with Crippen molar-refractivity contribution >= 4 is 47.3 Å². The maximum absolute atomic E-state index is 13.1. The highest BCUT2D eigenvalue weighted by molar-refractivity contribution is 6.01. The van der Waals surface area contributed by atoms with Crippen molar-refractivity contribution in [2.75, 3.05) is 85.4 Å². The lowest BCUT2D eigenvalue weighted by Gasteiger charge is -2.46. The molecule has 5 aliphatic heterocycles. The van der Waals surface area contributed by atoms with Gasteiger partial charge in [-0.3, -0.25) is 38.5 Å². The summed E-state index contributed by atoms with van der Waals surface area (Å²) in [4.78, 5) is 106. The van der Waals surface area contributed by atoms with Gasteiger partial charge in [-0.1, -0.05) is 12.8 Å². The van der Waals surface area contributed by atoms with E-state index in [-0.39, 0.29) is 77.5 Å². The summed E-state index contributed by atoms with van der Waals surface area (Å²) in [5, 5.41) is 147. The van der Waals surface area contributed by atoms with Gasteiger partial charge in [0.2, 0.25) is 29.5 Å². The van der Waals surface area contributed by atoms with E-state index in [0.717, 1.165) is 0 Å². The van der Waals surface area contributed by atoms with Crippen molar-refractivity contribution in [3.63, 3.8) is 0 Å². The van der Waals surface area contributed by atoms with Crippen molar-refractivity contribution in [1.29, 1.82) is 0 Å². The van der Waals surface area contributed by atoms with Crippen LogP contribution >= 0.6 is 0 Å². The van der Waals surface area contributed by atoms with Crippen molar-refractivity contribution in [3.05, 3.63) is 0 Å². The van der Waals surface area contributed by atoms with Gasteiger partial charge in [0.1, 0.15) is 91.6 Å². The summed E-state index contributed by atoms with van der Waals surface area (Å²) in [7, 11) is 0. The molecule has 5 rings (SSSR count). The Kier molecular flexibility index (Phi) is 32.3. The van der Waals surface area contributed by atoms with Crippen molar-refractivity contribution in [2.24, 2.45) is 0 Å². The number of carbonyl (C=O) groups is 8. The third kappa shape index (κ3) is 23.3. The Labute approximate surface area is 516 Å². The number of nitrogens with one attached hydrogen (secondary N) is 5. The predicted octanol–water partition coefficient (Wildman–Crippen LogP) is -10.7. The average molecular weight is 1300 g/mol. The molecule has 20 atom stereocenters. The van der Waals surface area contributed by atoms with Crippen molar-refractivity contribution < 1.29 is 147 Å². The molecular formula is C53H89N7O30. The molecule has 0 unspecified atom stereocenters. The summed E-state index contributed by atoms with van der Waals surface area (Å²) in [6, 6.07) is 0. The first-order chi connectivity index (χ1) is 42.8. The van der Waals surface area contributed by atoms with Crippen molar-refractivity contribution in [2.45, 2.75) is 200 Å². The van der Waals surface area contributed by atoms with Gasteiger partial charge in [0.05, 0.1) is 65.2 Å². The van der Waals surface area contributed by atoms with Crippen LogP contribution in [0.1, 0.15) is 77.6 Å². The second-order valence-corrected chi connectivity index (χ2v) is 22.1. The minimum absolute atomic E-state index is 0.0232. The number of hydrogen-bond acceptors (Lipinski definition) is 31. The quantitative estimate of drug-likeness (QED) is 0.0203. The van der Waals surface area contributed by atoms with Gasteiger partial charge in [-0.05, 0) is 32.6 Å². The molecule has 5 saturated heterocycles. The first-order valence-corrected chi connectivity index (χ1v) is 29.8. The monoisotopic (exact) mass is 1300 g/mol. The van der Waals surface area contributed by atoms with Crippen LogP contribution in [0.25, 0.3) is 0 Å². The van der Waals surface area contributed by atoms with Gasteiger partial charge in [-0.25, -0.2) is 4.79 Å². The zero-order valence-corrected chi connectivity index (χ0v) is 49.7. The molecule has 37 nitrogen and oxygen atoms in total. The van der Waals surface area contributed by atoms with Crippen LogP contribution in [0.15, 0.2) is 0 Å². The molecule has 0 bridgehead atoms. The van der Waals surface area contributed by atoms with Crippen LogP contribution in [0.5, 0.6) is 0 Å². The number of ether oxygens (including phenoxy) is 8. The maximum atomic E-state index is 13.1. The molecule has 0 saturated carbocycles. The number of hydroxylamine groups is 2. The molecule has 0 aromatic heterocycles. The molecule has 37 heteroatoms. The van der Waals surface area contributed by atoms with Gasteiger partial charge in [0.25, 0.3) is 11.8 Å². The third-order valence-corrected chi connectivity index (χ3v) is 15.0. The molecule has 7 amide bonds. The highest BCUT2D eigenvalue weighted by Gasteiger charge is 2.52. The molecule has 18 N–H and O–H groups in total. The topological polar surface area (TPSA) is 549 Å². The van der Waals surface area contributed by atoms with E-state index < -0.39 is 210 Å². The van der Waals surface area contributed by atoms with Crippen molar-refractivity contribution in [1.82, 2.24) is 36.5 Å². The van der Waals surface area contributed by atoms with Crippen molar-refractivity contribution in [3.8, 4) is 0 Å². The number of carbonyl (C=O) groups excluding carboxylic acids is 8. The van der Waals surface area contributed by atoms with Gasteiger partial charge in [-0.2, -0.15) is 0 Å². The fraction of sp³-hybridized carbons (Fsp3) is 0.849. The fourth-order valence-corrected chi connectivity index (χ4v) is 9.81. The molecule has 90 heavy (non-hydrogen) atoms. The number of aliphatic hydroxyl groups is 13. The second-order valence-electron chi connectivity index (χ2n) is 22.1. The van der Waals surface area contributed by atoms with Crippen LogP contribution in [0.4, 0.5) is 0 Å².